The zero-order valence-electron chi connectivity index (χ0n) is 8.02. The monoisotopic (exact) mass is 200 g/mol. The second-order valence-electron chi connectivity index (χ2n) is 1.73. The maximum Gasteiger partial charge on any atom is 0.303 e. The van der Waals surface area contributed by atoms with Crippen LogP contribution >= 0.6 is 0 Å². The van der Waals surface area contributed by atoms with Gasteiger partial charge in [0.25, 0.3) is 0 Å². The van der Waals surface area contributed by atoms with E-state index in [1.807, 2.05) is 0 Å². The zero-order valence-corrected chi connectivity index (χ0v) is 8.02. The molecule has 2 N–H and O–H groups in total. The van der Waals surface area contributed by atoms with Gasteiger partial charge in [-0.3, -0.25) is 9.59 Å². The van der Waals surface area contributed by atoms with Gasteiger partial charge in [-0.1, -0.05) is 0 Å². The Morgan fingerprint density at radius 2 is 1.14 bits per heavy atom. The molecule has 78 valence electrons. The average Bonchev–Trinajstić information content (AvgIpc) is 2.04. The van der Waals surface area contributed by atoms with Crippen molar-refractivity contribution in [2.24, 2.45) is 0 Å². The summed E-state index contributed by atoms with van der Waals surface area (Å²) in [6.07, 6.45) is -0.593. The van der Waals surface area contributed by atoms with E-state index in [2.05, 4.69) is 0 Å². The van der Waals surface area contributed by atoms with Crippen LogP contribution in [0.15, 0.2) is 0 Å². The Labute approximate surface area is 82.0 Å². The minimum absolute atomic E-state index is 0.296. The minimum Gasteiger partial charge on any atom is -0.481 e. The summed E-state index contributed by atoms with van der Waals surface area (Å²) in [5, 5.41) is 30.4. The smallest absolute Gasteiger partial charge is 0.303 e. The van der Waals surface area contributed by atoms with E-state index in [0.717, 1.165) is 0 Å². The molecule has 0 bridgehead atoms. The van der Waals surface area contributed by atoms with E-state index in [4.69, 9.17) is 20.7 Å². The maximum atomic E-state index is 9.64. The van der Waals surface area contributed by atoms with Crippen molar-refractivity contribution >= 4 is 11.9 Å². The molecule has 6 heteroatoms. The second-order valence-corrected chi connectivity index (χ2v) is 1.73. The summed E-state index contributed by atoms with van der Waals surface area (Å²) < 4.78 is 0. The number of carboxylic acids is 2. The third-order valence-corrected chi connectivity index (χ3v) is 0.553. The van der Waals surface area contributed by atoms with Crippen LogP contribution in [0.1, 0.15) is 26.7 Å². The van der Waals surface area contributed by atoms with Gasteiger partial charge in [0.1, 0.15) is 0 Å². The molecule has 0 aromatic carbocycles. The fourth-order valence-electron chi connectivity index (χ4n) is 0.214. The Balaban J connectivity index is -0.000000168. The highest BCUT2D eigenvalue weighted by atomic mass is 16.4. The third-order valence-electron chi connectivity index (χ3n) is 0.553. The van der Waals surface area contributed by atoms with Crippen molar-refractivity contribution in [1.82, 2.24) is 0 Å². The number of rotatable bonds is 3. The number of nitrogens with zero attached hydrogens (tertiary/aromatic N) is 2. The quantitative estimate of drug-likeness (QED) is 0.700. The van der Waals surface area contributed by atoms with Crippen LogP contribution < -0.4 is 0 Å². The molecule has 0 atom stereocenters. The van der Waals surface area contributed by atoms with Crippen molar-refractivity contribution in [1.29, 1.82) is 10.5 Å². The molecule has 0 amide bonds. The van der Waals surface area contributed by atoms with E-state index in [-0.39, 0.29) is 12.8 Å². The van der Waals surface area contributed by atoms with E-state index in [1.165, 1.54) is 13.8 Å². The van der Waals surface area contributed by atoms with Crippen LogP contribution in [0.4, 0.5) is 0 Å². The molecule has 0 aromatic heterocycles. The Morgan fingerprint density at radius 1 is 1.00 bits per heavy atom. The SMILES string of the molecule is CC#N.CC#N.O=C(O)CCC(=O)O. The van der Waals surface area contributed by atoms with Crippen LogP contribution in [0.25, 0.3) is 0 Å². The Hall–Kier alpha value is -2.08. The van der Waals surface area contributed by atoms with E-state index in [1.54, 1.807) is 12.1 Å². The molecule has 0 aliphatic carbocycles. The summed E-state index contributed by atoms with van der Waals surface area (Å²) in [5.41, 5.74) is 0. The van der Waals surface area contributed by atoms with Crippen molar-refractivity contribution < 1.29 is 19.8 Å². The van der Waals surface area contributed by atoms with Crippen LogP contribution in [0.3, 0.4) is 0 Å². The van der Waals surface area contributed by atoms with Crippen molar-refractivity contribution in [2.45, 2.75) is 26.7 Å². The molecule has 0 unspecified atom stereocenters. The largest absolute Gasteiger partial charge is 0.481 e. The Kier molecular flexibility index (Phi) is 21.9. The molecule has 0 rings (SSSR count). The number of hydrogen-bond donors (Lipinski definition) is 2. The molecule has 14 heavy (non-hydrogen) atoms. The van der Waals surface area contributed by atoms with Crippen LogP contribution in [-0.4, -0.2) is 22.2 Å². The molecule has 0 saturated heterocycles. The van der Waals surface area contributed by atoms with Gasteiger partial charge in [-0.2, -0.15) is 10.5 Å². The zero-order chi connectivity index (χ0) is 12.0. The molecule has 0 radical (unpaired) electrons. The molecular formula is C8H12N2O4. The highest BCUT2D eigenvalue weighted by molar-refractivity contribution is 5.75. The lowest BCUT2D eigenvalue weighted by Gasteiger charge is -1.85. The summed E-state index contributed by atoms with van der Waals surface area (Å²) in [7, 11) is 0. The molecule has 0 heterocycles. The van der Waals surface area contributed by atoms with Gasteiger partial charge >= 0.3 is 11.9 Å². The molecule has 0 aromatic rings. The fraction of sp³-hybridized carbons (Fsp3) is 0.500. The maximum absolute atomic E-state index is 9.64. The first-order valence-corrected chi connectivity index (χ1v) is 3.51. The van der Waals surface area contributed by atoms with Gasteiger partial charge in [-0.15, -0.1) is 0 Å². The lowest BCUT2D eigenvalue weighted by molar-refractivity contribution is -0.143. The van der Waals surface area contributed by atoms with Crippen molar-refractivity contribution in [3.8, 4) is 12.1 Å². The molecular weight excluding hydrogens is 188 g/mol. The van der Waals surface area contributed by atoms with Gasteiger partial charge in [-0.25, -0.2) is 0 Å². The number of hydrogen-bond acceptors (Lipinski definition) is 4. The molecule has 0 saturated carbocycles. The van der Waals surface area contributed by atoms with Gasteiger partial charge in [0, 0.05) is 13.8 Å². The molecule has 0 aliphatic rings. The van der Waals surface area contributed by atoms with Gasteiger partial charge in [0.05, 0.1) is 25.0 Å². The Morgan fingerprint density at radius 3 is 1.21 bits per heavy atom. The molecule has 6 nitrogen and oxygen atoms in total. The van der Waals surface area contributed by atoms with E-state index in [0.29, 0.717) is 0 Å². The van der Waals surface area contributed by atoms with Crippen LogP contribution in [0.2, 0.25) is 0 Å². The predicted octanol–water partition coefficient (Wildman–Crippen LogP) is 0.996. The summed E-state index contributed by atoms with van der Waals surface area (Å²) in [5.74, 6) is -2.15. The first-order valence-electron chi connectivity index (χ1n) is 3.51. The first kappa shape index (κ1) is 17.9. The molecule has 0 spiro atoms. The van der Waals surface area contributed by atoms with Gasteiger partial charge < -0.3 is 10.2 Å². The van der Waals surface area contributed by atoms with E-state index >= 15 is 0 Å². The van der Waals surface area contributed by atoms with Crippen molar-refractivity contribution in [3.05, 3.63) is 0 Å². The van der Waals surface area contributed by atoms with E-state index in [9.17, 15) is 9.59 Å². The summed E-state index contributed by atoms with van der Waals surface area (Å²) in [6, 6.07) is 3.50. The summed E-state index contributed by atoms with van der Waals surface area (Å²) >= 11 is 0. The average molecular weight is 200 g/mol. The Bertz CT molecular complexity index is 211. The van der Waals surface area contributed by atoms with Gasteiger partial charge in [-0.05, 0) is 0 Å². The van der Waals surface area contributed by atoms with Crippen molar-refractivity contribution in [3.63, 3.8) is 0 Å². The van der Waals surface area contributed by atoms with Gasteiger partial charge in [0.2, 0.25) is 0 Å². The predicted molar refractivity (Wildman–Crippen MR) is 47.1 cm³/mol. The highest BCUT2D eigenvalue weighted by Crippen LogP contribution is 1.86. The number of carbonyl (C=O) groups is 2. The number of aliphatic carboxylic acids is 2. The lowest BCUT2D eigenvalue weighted by Crippen LogP contribution is -2.00. The fourth-order valence-corrected chi connectivity index (χ4v) is 0.214. The van der Waals surface area contributed by atoms with E-state index < -0.39 is 11.9 Å². The standard InChI is InChI=1S/C4H6O4.2C2H3N/c5-3(6)1-2-4(7)8;2*1-2-3/h1-2H2,(H,5,6)(H,7,8);2*1H3. The van der Waals surface area contributed by atoms with Gasteiger partial charge in [0.15, 0.2) is 0 Å². The summed E-state index contributed by atoms with van der Waals surface area (Å²) in [6.45, 7) is 2.86. The highest BCUT2D eigenvalue weighted by Gasteiger charge is 2.00. The van der Waals surface area contributed by atoms with Crippen LogP contribution in [0.5, 0.6) is 0 Å². The second kappa shape index (κ2) is 17.1. The first-order chi connectivity index (χ1) is 6.45. The number of nitriles is 2. The molecule has 0 fully saturated rings. The van der Waals surface area contributed by atoms with Crippen LogP contribution in [0, 0.1) is 22.7 Å². The third kappa shape index (κ3) is 92.6. The lowest BCUT2D eigenvalue weighted by atomic mass is 10.3. The minimum atomic E-state index is -1.08. The summed E-state index contributed by atoms with van der Waals surface area (Å²) in [4.78, 5) is 19.3. The topological polar surface area (TPSA) is 122 Å². The molecule has 0 aliphatic heterocycles. The van der Waals surface area contributed by atoms with Crippen molar-refractivity contribution in [2.75, 3.05) is 0 Å². The van der Waals surface area contributed by atoms with Crippen LogP contribution in [-0.2, 0) is 9.59 Å². The normalized spacial score (nSPS) is 6.00. The number of carboxylic acid groups (broad SMARTS) is 2.